The summed E-state index contributed by atoms with van der Waals surface area (Å²) < 4.78 is 0. The van der Waals surface area contributed by atoms with Gasteiger partial charge in [-0.3, -0.25) is 14.5 Å². The molecule has 0 N–H and O–H groups in total. The summed E-state index contributed by atoms with van der Waals surface area (Å²) in [5, 5.41) is 0.647. The van der Waals surface area contributed by atoms with Gasteiger partial charge in [-0.15, -0.1) is 0 Å². The molecule has 2 aliphatic heterocycles. The van der Waals surface area contributed by atoms with Gasteiger partial charge in [-0.1, -0.05) is 30.9 Å². The van der Waals surface area contributed by atoms with Crippen LogP contribution in [-0.4, -0.2) is 60.4 Å². The van der Waals surface area contributed by atoms with Crippen molar-refractivity contribution in [2.75, 3.05) is 37.6 Å². The zero-order valence-corrected chi connectivity index (χ0v) is 16.5. The van der Waals surface area contributed by atoms with Crippen molar-refractivity contribution in [3.05, 3.63) is 29.3 Å². The molecule has 6 heteroatoms. The molecule has 0 radical (unpaired) electrons. The lowest BCUT2D eigenvalue weighted by Gasteiger charge is -2.41. The minimum atomic E-state index is -0.526. The first-order valence-corrected chi connectivity index (χ1v) is 10.6. The lowest BCUT2D eigenvalue weighted by Crippen LogP contribution is -2.54. The molecule has 5 nitrogen and oxygen atoms in total. The van der Waals surface area contributed by atoms with Crippen LogP contribution in [0.4, 0.5) is 5.69 Å². The van der Waals surface area contributed by atoms with Crippen LogP contribution in [0.1, 0.15) is 38.5 Å². The number of halogens is 1. The number of carbonyl (C=O) groups excluding carboxylic acids is 2. The van der Waals surface area contributed by atoms with Crippen LogP contribution in [0.15, 0.2) is 24.3 Å². The second-order valence-corrected chi connectivity index (χ2v) is 8.40. The van der Waals surface area contributed by atoms with Gasteiger partial charge >= 0.3 is 0 Å². The Hall–Kier alpha value is -1.59. The number of rotatable bonds is 3. The highest BCUT2D eigenvalue weighted by molar-refractivity contribution is 6.30. The van der Waals surface area contributed by atoms with Crippen LogP contribution >= 0.6 is 11.6 Å². The fourth-order valence-electron chi connectivity index (χ4n) is 4.76. The van der Waals surface area contributed by atoms with Gasteiger partial charge in [0, 0.05) is 49.5 Å². The molecule has 1 aromatic rings. The van der Waals surface area contributed by atoms with E-state index in [4.69, 9.17) is 11.6 Å². The summed E-state index contributed by atoms with van der Waals surface area (Å²) in [5.41, 5.74) is 0.821. The SMILES string of the molecule is O=C([C@@H]1CCN(c2ccc(Cl)cc2)C1=O)N1CCN(C2CCCCC2)CC1. The minimum Gasteiger partial charge on any atom is -0.339 e. The standard InChI is InChI=1S/C21H28ClN3O2/c22-16-6-8-18(9-7-16)25-11-10-19(21(25)27)20(26)24-14-12-23(13-15-24)17-4-2-1-3-5-17/h6-9,17,19H,1-5,10-15H2/t19-/m0/s1. The Bertz CT molecular complexity index is 679. The largest absolute Gasteiger partial charge is 0.339 e. The van der Waals surface area contributed by atoms with E-state index in [9.17, 15) is 9.59 Å². The Balaban J connectivity index is 1.33. The molecule has 0 bridgehead atoms. The Kier molecular flexibility index (Phi) is 5.69. The zero-order valence-electron chi connectivity index (χ0n) is 15.8. The molecule has 3 aliphatic rings. The van der Waals surface area contributed by atoms with Crippen molar-refractivity contribution >= 4 is 29.1 Å². The van der Waals surface area contributed by atoms with Crippen molar-refractivity contribution in [3.63, 3.8) is 0 Å². The van der Waals surface area contributed by atoms with Crippen molar-refractivity contribution in [1.82, 2.24) is 9.80 Å². The molecule has 4 rings (SSSR count). The number of piperazine rings is 1. The van der Waals surface area contributed by atoms with Gasteiger partial charge in [0.1, 0.15) is 5.92 Å². The van der Waals surface area contributed by atoms with Crippen molar-refractivity contribution in [1.29, 1.82) is 0 Å². The fraction of sp³-hybridized carbons (Fsp3) is 0.619. The zero-order chi connectivity index (χ0) is 18.8. The van der Waals surface area contributed by atoms with Crippen LogP contribution in [0, 0.1) is 5.92 Å². The van der Waals surface area contributed by atoms with Crippen molar-refractivity contribution < 1.29 is 9.59 Å². The molecular formula is C21H28ClN3O2. The number of anilines is 1. The van der Waals surface area contributed by atoms with Gasteiger partial charge in [-0.25, -0.2) is 0 Å². The molecule has 1 aliphatic carbocycles. The number of carbonyl (C=O) groups is 2. The fourth-order valence-corrected chi connectivity index (χ4v) is 4.89. The van der Waals surface area contributed by atoms with E-state index in [0.29, 0.717) is 24.0 Å². The predicted octanol–water partition coefficient (Wildman–Crippen LogP) is 3.17. The molecule has 2 heterocycles. The summed E-state index contributed by atoms with van der Waals surface area (Å²) >= 11 is 5.94. The molecular weight excluding hydrogens is 362 g/mol. The molecule has 0 unspecified atom stereocenters. The third-order valence-corrected chi connectivity index (χ3v) is 6.61. The summed E-state index contributed by atoms with van der Waals surface area (Å²) in [6.45, 7) is 3.98. The number of benzene rings is 1. The van der Waals surface area contributed by atoms with E-state index in [-0.39, 0.29) is 11.8 Å². The van der Waals surface area contributed by atoms with E-state index in [1.54, 1.807) is 17.0 Å². The Morgan fingerprint density at radius 3 is 2.22 bits per heavy atom. The molecule has 0 spiro atoms. The Morgan fingerprint density at radius 1 is 0.889 bits per heavy atom. The third-order valence-electron chi connectivity index (χ3n) is 6.36. The van der Waals surface area contributed by atoms with Crippen molar-refractivity contribution in [3.8, 4) is 0 Å². The summed E-state index contributed by atoms with van der Waals surface area (Å²) in [4.78, 5) is 32.0. The van der Waals surface area contributed by atoms with Crippen LogP contribution < -0.4 is 4.90 Å². The molecule has 146 valence electrons. The van der Waals surface area contributed by atoms with E-state index >= 15 is 0 Å². The number of hydrogen-bond donors (Lipinski definition) is 0. The van der Waals surface area contributed by atoms with Gasteiger partial charge in [0.25, 0.3) is 0 Å². The molecule has 1 saturated carbocycles. The van der Waals surface area contributed by atoms with E-state index in [0.717, 1.165) is 31.9 Å². The summed E-state index contributed by atoms with van der Waals surface area (Å²) in [6, 6.07) is 7.95. The smallest absolute Gasteiger partial charge is 0.239 e. The van der Waals surface area contributed by atoms with Gasteiger partial charge in [-0.2, -0.15) is 0 Å². The average molecular weight is 390 g/mol. The van der Waals surface area contributed by atoms with E-state index in [1.165, 1.54) is 32.1 Å². The monoisotopic (exact) mass is 389 g/mol. The maximum atomic E-state index is 13.0. The number of nitrogens with zero attached hydrogens (tertiary/aromatic N) is 3. The lowest BCUT2D eigenvalue weighted by atomic mass is 9.93. The maximum absolute atomic E-state index is 13.0. The highest BCUT2D eigenvalue weighted by Crippen LogP contribution is 2.28. The summed E-state index contributed by atoms with van der Waals surface area (Å²) in [5.74, 6) is -0.585. The van der Waals surface area contributed by atoms with E-state index in [2.05, 4.69) is 4.90 Å². The first-order chi connectivity index (χ1) is 13.1. The number of amides is 2. The van der Waals surface area contributed by atoms with Gasteiger partial charge in [0.05, 0.1) is 0 Å². The van der Waals surface area contributed by atoms with Crippen LogP contribution in [0.3, 0.4) is 0 Å². The van der Waals surface area contributed by atoms with Crippen LogP contribution in [0.25, 0.3) is 0 Å². The topological polar surface area (TPSA) is 43.9 Å². The normalized spacial score (nSPS) is 25.2. The molecule has 2 saturated heterocycles. The van der Waals surface area contributed by atoms with Gasteiger partial charge in [-0.05, 0) is 43.5 Å². The van der Waals surface area contributed by atoms with Gasteiger partial charge in [0.2, 0.25) is 11.8 Å². The van der Waals surface area contributed by atoms with Gasteiger partial charge < -0.3 is 9.80 Å². The van der Waals surface area contributed by atoms with E-state index < -0.39 is 5.92 Å². The first kappa shape index (κ1) is 18.8. The molecule has 1 atom stereocenters. The summed E-state index contributed by atoms with van der Waals surface area (Å²) in [7, 11) is 0. The highest BCUT2D eigenvalue weighted by atomic mass is 35.5. The van der Waals surface area contributed by atoms with Crippen molar-refractivity contribution in [2.45, 2.75) is 44.6 Å². The quantitative estimate of drug-likeness (QED) is 0.746. The molecule has 1 aromatic carbocycles. The summed E-state index contributed by atoms with van der Waals surface area (Å²) in [6.07, 6.45) is 7.23. The molecule has 0 aromatic heterocycles. The minimum absolute atomic E-state index is 0.0137. The highest BCUT2D eigenvalue weighted by Gasteiger charge is 2.40. The average Bonchev–Trinajstić information content (AvgIpc) is 3.10. The van der Waals surface area contributed by atoms with Gasteiger partial charge in [0.15, 0.2) is 0 Å². The lowest BCUT2D eigenvalue weighted by molar-refractivity contribution is -0.141. The predicted molar refractivity (Wildman–Crippen MR) is 107 cm³/mol. The molecule has 2 amide bonds. The maximum Gasteiger partial charge on any atom is 0.239 e. The number of hydrogen-bond acceptors (Lipinski definition) is 3. The second-order valence-electron chi connectivity index (χ2n) is 7.96. The second kappa shape index (κ2) is 8.19. The first-order valence-electron chi connectivity index (χ1n) is 10.2. The van der Waals surface area contributed by atoms with Crippen molar-refractivity contribution in [2.24, 2.45) is 5.92 Å². The Labute approximate surface area is 166 Å². The van der Waals surface area contributed by atoms with Crippen LogP contribution in [0.5, 0.6) is 0 Å². The Morgan fingerprint density at radius 2 is 1.56 bits per heavy atom. The van der Waals surface area contributed by atoms with Crippen LogP contribution in [0.2, 0.25) is 5.02 Å². The van der Waals surface area contributed by atoms with E-state index in [1.807, 2.05) is 17.0 Å². The molecule has 3 fully saturated rings. The van der Waals surface area contributed by atoms with Crippen LogP contribution in [-0.2, 0) is 9.59 Å². The third kappa shape index (κ3) is 3.99. The molecule has 27 heavy (non-hydrogen) atoms.